The maximum atomic E-state index is 12.5. The molecule has 0 saturated carbocycles. The molecule has 6 heteroatoms. The van der Waals surface area contributed by atoms with Crippen LogP contribution in [-0.2, 0) is 16.1 Å². The molecule has 1 aliphatic heterocycles. The quantitative estimate of drug-likeness (QED) is 0.430. The summed E-state index contributed by atoms with van der Waals surface area (Å²) in [5.74, 6) is 0.944. The first-order valence-electron chi connectivity index (χ1n) is 8.37. The van der Waals surface area contributed by atoms with Crippen molar-refractivity contribution in [2.75, 3.05) is 13.4 Å². The number of carbonyl (C=O) groups is 2. The van der Waals surface area contributed by atoms with Crippen molar-refractivity contribution in [2.45, 2.75) is 26.9 Å². The third-order valence-corrected chi connectivity index (χ3v) is 3.88. The van der Waals surface area contributed by atoms with E-state index in [2.05, 4.69) is 0 Å². The second-order valence-electron chi connectivity index (χ2n) is 5.88. The fourth-order valence-corrected chi connectivity index (χ4v) is 2.62. The lowest BCUT2D eigenvalue weighted by atomic mass is 10.0. The van der Waals surface area contributed by atoms with E-state index in [0.717, 1.165) is 11.1 Å². The zero-order valence-electron chi connectivity index (χ0n) is 14.7. The van der Waals surface area contributed by atoms with Crippen molar-refractivity contribution in [3.8, 4) is 17.2 Å². The van der Waals surface area contributed by atoms with Gasteiger partial charge in [0.05, 0.1) is 12.2 Å². The summed E-state index contributed by atoms with van der Waals surface area (Å²) in [6, 6.07) is 10.9. The molecule has 0 fully saturated rings. The van der Waals surface area contributed by atoms with E-state index in [1.807, 2.05) is 31.2 Å². The largest absolute Gasteiger partial charge is 0.488 e. The maximum absolute atomic E-state index is 12.5. The molecule has 0 atom stereocenters. The molecule has 0 saturated heterocycles. The highest BCUT2D eigenvalue weighted by molar-refractivity contribution is 6.07. The van der Waals surface area contributed by atoms with Crippen molar-refractivity contribution < 1.29 is 28.5 Å². The molecule has 1 aliphatic rings. The first-order chi connectivity index (χ1) is 12.6. The minimum absolute atomic E-state index is 0.212. The summed E-state index contributed by atoms with van der Waals surface area (Å²) < 4.78 is 21.3. The Balaban J connectivity index is 1.73. The fraction of sp³-hybridized carbons (Fsp3) is 0.300. The Hall–Kier alpha value is -3.02. The van der Waals surface area contributed by atoms with Gasteiger partial charge in [0.15, 0.2) is 17.3 Å². The normalized spacial score (nSPS) is 11.9. The number of aryl methyl sites for hydroxylation is 1. The van der Waals surface area contributed by atoms with Crippen molar-refractivity contribution in [1.82, 2.24) is 0 Å². The van der Waals surface area contributed by atoms with Gasteiger partial charge in [-0.25, -0.2) is 0 Å². The maximum Gasteiger partial charge on any atom is 0.313 e. The van der Waals surface area contributed by atoms with E-state index in [0.29, 0.717) is 22.8 Å². The first kappa shape index (κ1) is 17.8. The second kappa shape index (κ2) is 7.91. The highest BCUT2D eigenvalue weighted by Crippen LogP contribution is 2.33. The summed E-state index contributed by atoms with van der Waals surface area (Å²) in [5.41, 5.74) is 2.17. The summed E-state index contributed by atoms with van der Waals surface area (Å²) in [7, 11) is 0. The number of hydrogen-bond acceptors (Lipinski definition) is 6. The summed E-state index contributed by atoms with van der Waals surface area (Å²) in [6.07, 6.45) is -0.308. The molecule has 0 aromatic heterocycles. The van der Waals surface area contributed by atoms with Gasteiger partial charge in [0.2, 0.25) is 6.79 Å². The number of esters is 1. The van der Waals surface area contributed by atoms with Crippen LogP contribution in [0.15, 0.2) is 36.4 Å². The molecular formula is C20H20O6. The summed E-state index contributed by atoms with van der Waals surface area (Å²) in [6.45, 7) is 4.30. The molecule has 136 valence electrons. The summed E-state index contributed by atoms with van der Waals surface area (Å²) in [5, 5.41) is 0. The highest BCUT2D eigenvalue weighted by Gasteiger charge is 2.18. The molecular weight excluding hydrogens is 336 g/mol. The molecule has 0 amide bonds. The zero-order valence-corrected chi connectivity index (χ0v) is 14.7. The van der Waals surface area contributed by atoms with Crippen molar-refractivity contribution in [3.63, 3.8) is 0 Å². The molecule has 0 N–H and O–H groups in total. The van der Waals surface area contributed by atoms with Crippen molar-refractivity contribution in [2.24, 2.45) is 0 Å². The van der Waals surface area contributed by atoms with Crippen LogP contribution in [0, 0.1) is 6.92 Å². The monoisotopic (exact) mass is 356 g/mol. The van der Waals surface area contributed by atoms with Crippen LogP contribution in [0.2, 0.25) is 0 Å². The number of Topliss-reactive ketones (excluding diaryl/α,β-unsaturated/α-hetero) is 1. The van der Waals surface area contributed by atoms with Gasteiger partial charge >= 0.3 is 5.97 Å². The van der Waals surface area contributed by atoms with Gasteiger partial charge in [-0.2, -0.15) is 0 Å². The van der Waals surface area contributed by atoms with E-state index in [1.165, 1.54) is 0 Å². The predicted molar refractivity (Wildman–Crippen MR) is 93.7 cm³/mol. The van der Waals surface area contributed by atoms with Crippen molar-refractivity contribution in [1.29, 1.82) is 0 Å². The number of benzene rings is 2. The molecule has 0 unspecified atom stereocenters. The van der Waals surface area contributed by atoms with E-state index in [9.17, 15) is 9.59 Å². The van der Waals surface area contributed by atoms with Gasteiger partial charge in [0.1, 0.15) is 18.8 Å². The molecule has 26 heavy (non-hydrogen) atoms. The van der Waals surface area contributed by atoms with Crippen LogP contribution < -0.4 is 14.2 Å². The van der Waals surface area contributed by atoms with Gasteiger partial charge in [0.25, 0.3) is 0 Å². The van der Waals surface area contributed by atoms with Gasteiger partial charge < -0.3 is 18.9 Å². The third-order valence-electron chi connectivity index (χ3n) is 3.88. The minimum atomic E-state index is -0.541. The first-order valence-corrected chi connectivity index (χ1v) is 8.37. The van der Waals surface area contributed by atoms with E-state index < -0.39 is 5.97 Å². The van der Waals surface area contributed by atoms with E-state index >= 15 is 0 Å². The molecule has 2 aromatic rings. The van der Waals surface area contributed by atoms with Crippen LogP contribution in [0.1, 0.15) is 34.8 Å². The number of rotatable bonds is 7. The average Bonchev–Trinajstić information content (AvgIpc) is 3.08. The lowest BCUT2D eigenvalue weighted by Crippen LogP contribution is -2.13. The van der Waals surface area contributed by atoms with Gasteiger partial charge in [-0.05, 0) is 43.7 Å². The Bertz CT molecular complexity index is 827. The van der Waals surface area contributed by atoms with Crippen molar-refractivity contribution >= 4 is 11.8 Å². The van der Waals surface area contributed by atoms with Crippen LogP contribution in [0.25, 0.3) is 0 Å². The molecule has 0 bridgehead atoms. The summed E-state index contributed by atoms with van der Waals surface area (Å²) in [4.78, 5) is 24.1. The van der Waals surface area contributed by atoms with Crippen LogP contribution in [-0.4, -0.2) is 25.2 Å². The fourth-order valence-electron chi connectivity index (χ4n) is 2.62. The summed E-state index contributed by atoms with van der Waals surface area (Å²) >= 11 is 0. The molecule has 1 heterocycles. The third kappa shape index (κ3) is 4.14. The van der Waals surface area contributed by atoms with Crippen LogP contribution in [0.4, 0.5) is 0 Å². The predicted octanol–water partition coefficient (Wildman–Crippen LogP) is 3.44. The Labute approximate surface area is 151 Å². The van der Waals surface area contributed by atoms with Crippen LogP contribution >= 0.6 is 0 Å². The highest BCUT2D eigenvalue weighted by atomic mass is 16.7. The number of hydrogen-bond donors (Lipinski definition) is 0. The molecule has 3 rings (SSSR count). The average molecular weight is 356 g/mol. The van der Waals surface area contributed by atoms with Gasteiger partial charge in [-0.1, -0.05) is 17.7 Å². The Kier molecular flexibility index (Phi) is 5.41. The van der Waals surface area contributed by atoms with Crippen molar-refractivity contribution in [3.05, 3.63) is 53.1 Å². The zero-order chi connectivity index (χ0) is 18.5. The second-order valence-corrected chi connectivity index (χ2v) is 5.88. The lowest BCUT2D eigenvalue weighted by Gasteiger charge is -2.12. The number of ketones is 1. The van der Waals surface area contributed by atoms with Crippen LogP contribution in [0.5, 0.6) is 17.2 Å². The van der Waals surface area contributed by atoms with Gasteiger partial charge in [0, 0.05) is 0 Å². The lowest BCUT2D eigenvalue weighted by molar-refractivity contribution is -0.141. The van der Waals surface area contributed by atoms with Crippen LogP contribution in [0.3, 0.4) is 0 Å². The number of ether oxygens (including phenoxy) is 4. The Morgan fingerprint density at radius 2 is 1.88 bits per heavy atom. The topological polar surface area (TPSA) is 71.1 Å². The van der Waals surface area contributed by atoms with E-state index in [4.69, 9.17) is 18.9 Å². The SMILES string of the molecule is CCOC(=O)CC(=O)c1cc(C)ccc1OCc1ccc2c(c1)OCO2. The number of fused-ring (bicyclic) bond motifs is 1. The van der Waals surface area contributed by atoms with Gasteiger partial charge in [-0.3, -0.25) is 9.59 Å². The standard InChI is InChI=1S/C20H20O6/c1-3-23-20(22)10-16(21)15-8-13(2)4-6-17(15)24-11-14-5-7-18-19(9-14)26-12-25-18/h4-9H,3,10-12H2,1-2H3. The number of carbonyl (C=O) groups excluding carboxylic acids is 2. The molecule has 2 aromatic carbocycles. The van der Waals surface area contributed by atoms with E-state index in [1.54, 1.807) is 19.1 Å². The Morgan fingerprint density at radius 3 is 2.69 bits per heavy atom. The minimum Gasteiger partial charge on any atom is -0.488 e. The molecule has 6 nitrogen and oxygen atoms in total. The molecule has 0 spiro atoms. The van der Waals surface area contributed by atoms with E-state index in [-0.39, 0.29) is 32.2 Å². The Morgan fingerprint density at radius 1 is 1.08 bits per heavy atom. The smallest absolute Gasteiger partial charge is 0.313 e. The molecule has 0 radical (unpaired) electrons. The van der Waals surface area contributed by atoms with Gasteiger partial charge in [-0.15, -0.1) is 0 Å². The molecule has 0 aliphatic carbocycles.